The molecule has 0 radical (unpaired) electrons. The molecular formula is C19H19ClN2O6S. The molecule has 1 fully saturated rings. The average molecular weight is 439 g/mol. The molecule has 10 heteroatoms. The van der Waals surface area contributed by atoms with Gasteiger partial charge in [-0.1, -0.05) is 35.1 Å². The van der Waals surface area contributed by atoms with Gasteiger partial charge in [0.05, 0.1) is 12.9 Å². The highest BCUT2D eigenvalue weighted by molar-refractivity contribution is 7.14. The van der Waals surface area contributed by atoms with Gasteiger partial charge in [-0.3, -0.25) is 0 Å². The van der Waals surface area contributed by atoms with Crippen molar-refractivity contribution >= 4 is 22.9 Å². The summed E-state index contributed by atoms with van der Waals surface area (Å²) in [6.45, 7) is -0.484. The molecule has 8 nitrogen and oxygen atoms in total. The van der Waals surface area contributed by atoms with E-state index in [1.165, 1.54) is 11.3 Å². The van der Waals surface area contributed by atoms with Gasteiger partial charge in [-0.2, -0.15) is 0 Å². The fraction of sp³-hybridized carbons (Fsp3) is 0.368. The molecule has 4 rings (SSSR count). The molecule has 154 valence electrons. The molecule has 0 unspecified atom stereocenters. The van der Waals surface area contributed by atoms with Crippen molar-refractivity contribution in [2.24, 2.45) is 0 Å². The monoisotopic (exact) mass is 438 g/mol. The van der Waals surface area contributed by atoms with Crippen LogP contribution in [0.1, 0.15) is 22.2 Å². The fourth-order valence-corrected chi connectivity index (χ4v) is 4.29. The second kappa shape index (κ2) is 8.49. The van der Waals surface area contributed by atoms with Crippen LogP contribution in [0.25, 0.3) is 10.8 Å². The normalized spacial score (nSPS) is 27.3. The Morgan fingerprint density at radius 1 is 1.07 bits per heavy atom. The molecule has 3 heterocycles. The lowest BCUT2D eigenvalue weighted by molar-refractivity contribution is -0.231. The molecule has 1 aliphatic rings. The Hall–Kier alpha value is -1.85. The van der Waals surface area contributed by atoms with Gasteiger partial charge < -0.3 is 29.6 Å². The van der Waals surface area contributed by atoms with E-state index in [4.69, 9.17) is 20.8 Å². The van der Waals surface area contributed by atoms with Crippen LogP contribution in [-0.2, 0) is 11.2 Å². The third kappa shape index (κ3) is 4.08. The largest absolute Gasteiger partial charge is 0.462 e. The second-order valence-corrected chi connectivity index (χ2v) is 8.22. The van der Waals surface area contributed by atoms with Crippen molar-refractivity contribution in [3.63, 3.8) is 0 Å². The Kier molecular flexibility index (Phi) is 5.98. The highest BCUT2D eigenvalue weighted by atomic mass is 35.5. The average Bonchev–Trinajstić information content (AvgIpc) is 3.40. The van der Waals surface area contributed by atoms with Crippen molar-refractivity contribution in [3.05, 3.63) is 57.8 Å². The summed E-state index contributed by atoms with van der Waals surface area (Å²) in [6, 6.07) is 8.67. The van der Waals surface area contributed by atoms with E-state index in [1.807, 2.05) is 0 Å². The first-order chi connectivity index (χ1) is 14.0. The van der Waals surface area contributed by atoms with Gasteiger partial charge in [0.25, 0.3) is 0 Å². The van der Waals surface area contributed by atoms with Gasteiger partial charge in [0, 0.05) is 11.4 Å². The molecule has 1 aliphatic heterocycles. The first kappa shape index (κ1) is 20.4. The zero-order valence-electron chi connectivity index (χ0n) is 15.1. The summed E-state index contributed by atoms with van der Waals surface area (Å²) in [6.07, 6.45) is -4.12. The number of rotatable bonds is 5. The van der Waals surface area contributed by atoms with E-state index < -0.39 is 37.1 Å². The number of nitrogens with zero attached hydrogens (tertiary/aromatic N) is 2. The number of benzene rings is 1. The first-order valence-corrected chi connectivity index (χ1v) is 10.1. The second-order valence-electron chi connectivity index (χ2n) is 6.76. The minimum Gasteiger partial charge on any atom is -0.462 e. The SMILES string of the molecule is OC[C@H]1O[C@@H](c2ccc(Cl)c(Cc3nnc(-c4ccco4)s3)c2)[C@H](O)[C@@H](O)[C@@H]1O. The lowest BCUT2D eigenvalue weighted by atomic mass is 9.90. The van der Waals surface area contributed by atoms with Gasteiger partial charge in [-0.25, -0.2) is 0 Å². The lowest BCUT2D eigenvalue weighted by Crippen LogP contribution is -2.55. The van der Waals surface area contributed by atoms with E-state index in [9.17, 15) is 20.4 Å². The highest BCUT2D eigenvalue weighted by Gasteiger charge is 2.44. The summed E-state index contributed by atoms with van der Waals surface area (Å²) in [5, 5.41) is 49.9. The fourth-order valence-electron chi connectivity index (χ4n) is 3.27. The minimum atomic E-state index is -1.44. The Morgan fingerprint density at radius 2 is 1.90 bits per heavy atom. The number of furan rings is 1. The molecule has 29 heavy (non-hydrogen) atoms. The molecule has 5 atom stereocenters. The van der Waals surface area contributed by atoms with Gasteiger partial charge in [0.15, 0.2) is 10.8 Å². The predicted octanol–water partition coefficient (Wildman–Crippen LogP) is 1.56. The van der Waals surface area contributed by atoms with Crippen LogP contribution >= 0.6 is 22.9 Å². The van der Waals surface area contributed by atoms with Crippen molar-refractivity contribution in [2.45, 2.75) is 36.9 Å². The van der Waals surface area contributed by atoms with Crippen molar-refractivity contribution in [2.75, 3.05) is 6.61 Å². The van der Waals surface area contributed by atoms with Crippen LogP contribution in [0.3, 0.4) is 0 Å². The van der Waals surface area contributed by atoms with Crippen LogP contribution in [0.5, 0.6) is 0 Å². The smallest absolute Gasteiger partial charge is 0.183 e. The number of halogens is 1. The zero-order chi connectivity index (χ0) is 20.5. The predicted molar refractivity (Wildman–Crippen MR) is 105 cm³/mol. The molecule has 4 N–H and O–H groups in total. The Bertz CT molecular complexity index is 964. The van der Waals surface area contributed by atoms with Gasteiger partial charge in [-0.05, 0) is 29.3 Å². The highest BCUT2D eigenvalue weighted by Crippen LogP contribution is 2.35. The van der Waals surface area contributed by atoms with Crippen LogP contribution in [-0.4, -0.2) is 61.6 Å². The molecule has 1 aromatic carbocycles. The topological polar surface area (TPSA) is 129 Å². The molecule has 1 saturated heterocycles. The van der Waals surface area contributed by atoms with E-state index in [2.05, 4.69) is 10.2 Å². The van der Waals surface area contributed by atoms with Crippen molar-refractivity contribution < 1.29 is 29.6 Å². The Morgan fingerprint density at radius 3 is 2.62 bits per heavy atom. The summed E-state index contributed by atoms with van der Waals surface area (Å²) < 4.78 is 11.0. The van der Waals surface area contributed by atoms with Crippen LogP contribution < -0.4 is 0 Å². The molecule has 0 amide bonds. The van der Waals surface area contributed by atoms with E-state index >= 15 is 0 Å². The summed E-state index contributed by atoms with van der Waals surface area (Å²) in [4.78, 5) is 0. The lowest BCUT2D eigenvalue weighted by Gasteiger charge is -2.40. The maximum absolute atomic E-state index is 10.4. The third-order valence-electron chi connectivity index (χ3n) is 4.83. The van der Waals surface area contributed by atoms with E-state index in [1.54, 1.807) is 36.6 Å². The first-order valence-electron chi connectivity index (χ1n) is 8.93. The van der Waals surface area contributed by atoms with Crippen LogP contribution in [0.2, 0.25) is 5.02 Å². The number of aliphatic hydroxyl groups excluding tert-OH is 4. The van der Waals surface area contributed by atoms with Gasteiger partial charge >= 0.3 is 0 Å². The summed E-state index contributed by atoms with van der Waals surface area (Å²) in [5.41, 5.74) is 1.31. The van der Waals surface area contributed by atoms with Crippen LogP contribution in [0, 0.1) is 0 Å². The summed E-state index contributed by atoms with van der Waals surface area (Å²) in [5.74, 6) is 0.634. The molecule has 3 aromatic rings. The molecule has 2 aromatic heterocycles. The maximum Gasteiger partial charge on any atom is 0.183 e. The number of hydrogen-bond acceptors (Lipinski definition) is 9. The minimum absolute atomic E-state index is 0.405. The van der Waals surface area contributed by atoms with Crippen molar-refractivity contribution in [1.82, 2.24) is 10.2 Å². The summed E-state index contributed by atoms with van der Waals surface area (Å²) in [7, 11) is 0. The quantitative estimate of drug-likeness (QED) is 0.472. The number of aromatic nitrogens is 2. The number of hydrogen-bond donors (Lipinski definition) is 4. The van der Waals surface area contributed by atoms with Crippen LogP contribution in [0.4, 0.5) is 0 Å². The maximum atomic E-state index is 10.4. The molecule has 0 spiro atoms. The Balaban J connectivity index is 1.58. The summed E-state index contributed by atoms with van der Waals surface area (Å²) >= 11 is 7.72. The molecule has 0 saturated carbocycles. The van der Waals surface area contributed by atoms with Gasteiger partial charge in [0.1, 0.15) is 35.5 Å². The van der Waals surface area contributed by atoms with E-state index in [0.29, 0.717) is 27.8 Å². The number of aliphatic hydroxyl groups is 4. The molecular weight excluding hydrogens is 420 g/mol. The van der Waals surface area contributed by atoms with E-state index in [0.717, 1.165) is 10.6 Å². The van der Waals surface area contributed by atoms with Crippen molar-refractivity contribution in [1.29, 1.82) is 0 Å². The third-order valence-corrected chi connectivity index (χ3v) is 6.14. The standard InChI is InChI=1S/C19H19ClN2O6S/c20-11-4-3-9(18-17(26)16(25)15(24)13(8-23)28-18)6-10(11)7-14-21-22-19(29-14)12-2-1-5-27-12/h1-6,13,15-18,23-26H,7-8H2/t13-,15-,16+,17-,18+/m1/s1. The molecule has 0 aliphatic carbocycles. The van der Waals surface area contributed by atoms with E-state index in [-0.39, 0.29) is 0 Å². The number of ether oxygens (including phenoxy) is 1. The Labute approximate surface area is 175 Å². The van der Waals surface area contributed by atoms with Crippen LogP contribution in [0.15, 0.2) is 41.0 Å². The van der Waals surface area contributed by atoms with Gasteiger partial charge in [-0.15, -0.1) is 10.2 Å². The molecule has 0 bridgehead atoms. The van der Waals surface area contributed by atoms with Crippen molar-refractivity contribution in [3.8, 4) is 10.8 Å². The zero-order valence-corrected chi connectivity index (χ0v) is 16.6. The van der Waals surface area contributed by atoms with Gasteiger partial charge in [0.2, 0.25) is 0 Å².